The lowest BCUT2D eigenvalue weighted by molar-refractivity contribution is -0.145. The van der Waals surface area contributed by atoms with E-state index in [1.807, 2.05) is 6.92 Å². The molecule has 140 valence electrons. The Morgan fingerprint density at radius 2 is 1.96 bits per heavy atom. The average molecular weight is 361 g/mol. The number of esters is 1. The van der Waals surface area contributed by atoms with Gasteiger partial charge in [-0.1, -0.05) is 6.07 Å². The molecule has 8 heteroatoms. The van der Waals surface area contributed by atoms with Gasteiger partial charge in [-0.05, 0) is 39.0 Å². The number of ketones is 1. The van der Waals surface area contributed by atoms with Gasteiger partial charge in [0.25, 0.3) is 5.91 Å². The first kappa shape index (κ1) is 21.0. The lowest BCUT2D eigenvalue weighted by Gasteiger charge is -2.13. The highest BCUT2D eigenvalue weighted by atomic mass is 16.5. The Morgan fingerprint density at radius 3 is 2.46 bits per heavy atom. The van der Waals surface area contributed by atoms with Crippen molar-refractivity contribution in [2.45, 2.75) is 40.5 Å². The number of hydrogen-bond acceptors (Lipinski definition) is 6. The zero-order chi connectivity index (χ0) is 19.7. The van der Waals surface area contributed by atoms with Crippen molar-refractivity contribution in [3.63, 3.8) is 0 Å². The molecule has 0 spiro atoms. The van der Waals surface area contributed by atoms with Gasteiger partial charge in [0.05, 0.1) is 18.7 Å². The van der Waals surface area contributed by atoms with Crippen LogP contribution >= 0.6 is 0 Å². The molecule has 8 nitrogen and oxygen atoms in total. The van der Waals surface area contributed by atoms with E-state index in [1.165, 1.54) is 18.9 Å². The van der Waals surface area contributed by atoms with E-state index < -0.39 is 5.97 Å². The minimum atomic E-state index is -0.440. The van der Waals surface area contributed by atoms with Gasteiger partial charge in [-0.25, -0.2) is 5.01 Å². The van der Waals surface area contributed by atoms with Crippen LogP contribution in [0.4, 0.5) is 11.4 Å². The topological polar surface area (TPSA) is 105 Å². The summed E-state index contributed by atoms with van der Waals surface area (Å²) in [7, 11) is 0. The van der Waals surface area contributed by atoms with Gasteiger partial charge in [-0.3, -0.25) is 19.2 Å². The maximum atomic E-state index is 11.6. The lowest BCUT2D eigenvalue weighted by atomic mass is 10.2. The third kappa shape index (κ3) is 7.25. The van der Waals surface area contributed by atoms with Gasteiger partial charge in [0.2, 0.25) is 5.91 Å². The zero-order valence-corrected chi connectivity index (χ0v) is 15.4. The number of nitrogens with zero attached hydrogens (tertiary/aromatic N) is 2. The van der Waals surface area contributed by atoms with Crippen molar-refractivity contribution in [3.8, 4) is 0 Å². The molecule has 26 heavy (non-hydrogen) atoms. The normalized spacial score (nSPS) is 12.7. The smallest absolute Gasteiger partial charge is 0.313 e. The fourth-order valence-electron chi connectivity index (χ4n) is 2.09. The second kappa shape index (κ2) is 10.1. The Balaban J connectivity index is 0.000000321. The van der Waals surface area contributed by atoms with Crippen LogP contribution in [0.25, 0.3) is 0 Å². The number of ether oxygens (including phenoxy) is 1. The number of rotatable bonds is 5. The number of benzene rings is 1. The van der Waals surface area contributed by atoms with Crippen molar-refractivity contribution < 1.29 is 23.9 Å². The highest BCUT2D eigenvalue weighted by Gasteiger charge is 2.22. The maximum Gasteiger partial charge on any atom is 0.313 e. The lowest BCUT2D eigenvalue weighted by Crippen LogP contribution is -2.19. The summed E-state index contributed by atoms with van der Waals surface area (Å²) in [5.41, 5.74) is 2.11. The number of Topliss-reactive ketones (excluding diaryl/α,β-unsaturated/α-hetero) is 1. The molecule has 0 aromatic heterocycles. The summed E-state index contributed by atoms with van der Waals surface area (Å²) in [6.07, 6.45) is 0.248. The molecular weight excluding hydrogens is 338 g/mol. The first-order valence-electron chi connectivity index (χ1n) is 8.12. The van der Waals surface area contributed by atoms with Crippen LogP contribution in [0.3, 0.4) is 0 Å². The number of amides is 2. The molecule has 0 saturated heterocycles. The van der Waals surface area contributed by atoms with E-state index in [9.17, 15) is 19.2 Å². The summed E-state index contributed by atoms with van der Waals surface area (Å²) >= 11 is 0. The van der Waals surface area contributed by atoms with Crippen molar-refractivity contribution in [2.24, 2.45) is 5.10 Å². The fraction of sp³-hybridized carbons (Fsp3) is 0.389. The van der Waals surface area contributed by atoms with Gasteiger partial charge in [0.1, 0.15) is 12.2 Å². The van der Waals surface area contributed by atoms with E-state index in [4.69, 9.17) is 0 Å². The van der Waals surface area contributed by atoms with Crippen LogP contribution in [0.15, 0.2) is 29.4 Å². The van der Waals surface area contributed by atoms with Gasteiger partial charge >= 0.3 is 5.97 Å². The van der Waals surface area contributed by atoms with Gasteiger partial charge in [0, 0.05) is 18.3 Å². The third-order valence-corrected chi connectivity index (χ3v) is 3.02. The van der Waals surface area contributed by atoms with E-state index in [1.54, 1.807) is 31.2 Å². The summed E-state index contributed by atoms with van der Waals surface area (Å²) in [6.45, 7) is 6.66. The van der Waals surface area contributed by atoms with Crippen LogP contribution in [0.5, 0.6) is 0 Å². The molecule has 1 N–H and O–H groups in total. The summed E-state index contributed by atoms with van der Waals surface area (Å²) in [4.78, 5) is 43.2. The molecule has 2 amide bonds. The minimum Gasteiger partial charge on any atom is -0.466 e. The van der Waals surface area contributed by atoms with Crippen molar-refractivity contribution in [1.29, 1.82) is 0 Å². The number of hydrazone groups is 1. The number of carbonyl (C=O) groups excluding carboxylic acids is 4. The van der Waals surface area contributed by atoms with Crippen molar-refractivity contribution in [2.75, 3.05) is 16.9 Å². The molecule has 1 aromatic carbocycles. The number of nitrogens with one attached hydrogen (secondary N) is 1. The van der Waals surface area contributed by atoms with E-state index >= 15 is 0 Å². The molecule has 0 radical (unpaired) electrons. The molecule has 0 aliphatic carbocycles. The first-order chi connectivity index (χ1) is 12.2. The molecule has 0 unspecified atom stereocenters. The summed E-state index contributed by atoms with van der Waals surface area (Å²) in [5, 5.41) is 8.18. The summed E-state index contributed by atoms with van der Waals surface area (Å²) in [6, 6.07) is 7.05. The highest BCUT2D eigenvalue weighted by molar-refractivity contribution is 6.12. The van der Waals surface area contributed by atoms with E-state index in [0.29, 0.717) is 24.4 Å². The van der Waals surface area contributed by atoms with Gasteiger partial charge < -0.3 is 10.1 Å². The Bertz CT molecular complexity index is 727. The van der Waals surface area contributed by atoms with Crippen molar-refractivity contribution >= 4 is 40.7 Å². The first-order valence-corrected chi connectivity index (χ1v) is 8.12. The second-order valence-corrected chi connectivity index (χ2v) is 5.63. The molecule has 1 heterocycles. The molecule has 1 aromatic rings. The molecule has 0 fully saturated rings. The monoisotopic (exact) mass is 361 g/mol. The Kier molecular flexibility index (Phi) is 8.14. The van der Waals surface area contributed by atoms with Gasteiger partial charge in [-0.2, -0.15) is 5.10 Å². The van der Waals surface area contributed by atoms with Crippen LogP contribution in [-0.2, 0) is 23.9 Å². The number of anilines is 2. The Hall–Kier alpha value is -3.03. The largest absolute Gasteiger partial charge is 0.466 e. The van der Waals surface area contributed by atoms with E-state index in [-0.39, 0.29) is 24.0 Å². The predicted molar refractivity (Wildman–Crippen MR) is 97.9 cm³/mol. The highest BCUT2D eigenvalue weighted by Crippen LogP contribution is 2.23. The predicted octanol–water partition coefficient (Wildman–Crippen LogP) is 2.29. The van der Waals surface area contributed by atoms with E-state index in [2.05, 4.69) is 15.2 Å². The molecule has 0 bridgehead atoms. The quantitative estimate of drug-likeness (QED) is 0.640. The van der Waals surface area contributed by atoms with Gasteiger partial charge in [-0.15, -0.1) is 0 Å². The third-order valence-electron chi connectivity index (χ3n) is 3.02. The molecule has 1 aliphatic rings. The molecule has 0 saturated carbocycles. The van der Waals surface area contributed by atoms with Crippen LogP contribution in [0, 0.1) is 0 Å². The number of carbonyl (C=O) groups is 4. The standard InChI is InChI=1S/C12H13N3O2.C6H10O3/c1-8-6-12(17)15(14-8)11-5-3-4-10(7-11)13-9(2)16;1-3-9-6(8)4-5(2)7/h3-5,7H,6H2,1-2H3,(H,13,16);3-4H2,1-2H3. The van der Waals surface area contributed by atoms with Crippen molar-refractivity contribution in [1.82, 2.24) is 0 Å². The average Bonchev–Trinajstić information content (AvgIpc) is 2.85. The minimum absolute atomic E-state index is 0.0533. The Labute approximate surface area is 152 Å². The molecule has 0 atom stereocenters. The molecule has 2 rings (SSSR count). The Morgan fingerprint density at radius 1 is 1.27 bits per heavy atom. The molecular formula is C18H23N3O5. The van der Waals surface area contributed by atoms with Crippen LogP contribution in [0.2, 0.25) is 0 Å². The molecule has 1 aliphatic heterocycles. The van der Waals surface area contributed by atoms with Crippen molar-refractivity contribution in [3.05, 3.63) is 24.3 Å². The fourth-order valence-corrected chi connectivity index (χ4v) is 2.09. The summed E-state index contributed by atoms with van der Waals surface area (Å²) in [5.74, 6) is -0.796. The summed E-state index contributed by atoms with van der Waals surface area (Å²) < 4.78 is 4.49. The van der Waals surface area contributed by atoms with Gasteiger partial charge in [0.15, 0.2) is 0 Å². The maximum absolute atomic E-state index is 11.6. The SMILES string of the molecule is CC(=O)Nc1cccc(N2N=C(C)CC2=O)c1.CCOC(=O)CC(C)=O. The van der Waals surface area contributed by atoms with Crippen LogP contribution < -0.4 is 10.3 Å². The second-order valence-electron chi connectivity index (χ2n) is 5.63. The zero-order valence-electron chi connectivity index (χ0n) is 15.4. The van der Waals surface area contributed by atoms with Crippen LogP contribution in [0.1, 0.15) is 40.5 Å². The van der Waals surface area contributed by atoms with Crippen LogP contribution in [-0.4, -0.2) is 35.9 Å². The number of hydrogen-bond donors (Lipinski definition) is 1. The van der Waals surface area contributed by atoms with E-state index in [0.717, 1.165) is 5.71 Å².